The molecule has 0 saturated carbocycles. The first kappa shape index (κ1) is 27.4. The van der Waals surface area contributed by atoms with Crippen molar-refractivity contribution in [2.75, 3.05) is 6.61 Å². The van der Waals surface area contributed by atoms with Crippen molar-refractivity contribution in [3.63, 3.8) is 0 Å². The van der Waals surface area contributed by atoms with Crippen LogP contribution >= 0.6 is 0 Å². The van der Waals surface area contributed by atoms with Crippen molar-refractivity contribution in [3.8, 4) is 0 Å². The number of rotatable bonds is 18. The third-order valence-electron chi connectivity index (χ3n) is 4.40. The van der Waals surface area contributed by atoms with Crippen LogP contribution in [-0.2, 0) is 9.53 Å². The molecule has 3 heteroatoms. The molecule has 0 aromatic carbocycles. The van der Waals surface area contributed by atoms with E-state index in [1.807, 2.05) is 0 Å². The fourth-order valence-corrected chi connectivity index (χ4v) is 2.74. The third-order valence-corrected chi connectivity index (χ3v) is 4.40. The van der Waals surface area contributed by atoms with E-state index in [1.165, 1.54) is 70.6 Å². The summed E-state index contributed by atoms with van der Waals surface area (Å²) >= 11 is 0. The van der Waals surface area contributed by atoms with Crippen LogP contribution in [0.15, 0.2) is 12.2 Å². The summed E-state index contributed by atoms with van der Waals surface area (Å²) in [5.74, 6) is -0.0129. The van der Waals surface area contributed by atoms with Gasteiger partial charge in [-0.15, -0.1) is 0 Å². The number of esters is 1. The van der Waals surface area contributed by atoms with Gasteiger partial charge in [-0.3, -0.25) is 4.79 Å². The Morgan fingerprint density at radius 1 is 0.680 bits per heavy atom. The standard InChI is InChI=1S/C22H42O2.Na/c1-3-5-7-8-9-10-11-12-13-14-15-16-17-18-19-20-22(23)24-21-6-4-2;/h12-13H,3-11,14-21H2,1-2H3;/b13-12-;. The Labute approximate surface area is 179 Å². The van der Waals surface area contributed by atoms with E-state index in [9.17, 15) is 4.79 Å². The average Bonchev–Trinajstić information content (AvgIpc) is 2.58. The summed E-state index contributed by atoms with van der Waals surface area (Å²) in [6.07, 6.45) is 24.1. The molecule has 1 radical (unpaired) electrons. The SMILES string of the molecule is CCCCCCCC/C=C\CCCCCCCC(=O)OCCCC.[Na]. The van der Waals surface area contributed by atoms with Crippen molar-refractivity contribution in [1.29, 1.82) is 0 Å². The molecule has 0 fully saturated rings. The van der Waals surface area contributed by atoms with E-state index in [1.54, 1.807) is 0 Å². The molecule has 0 aromatic rings. The normalized spacial score (nSPS) is 10.8. The minimum Gasteiger partial charge on any atom is -0.466 e. The van der Waals surface area contributed by atoms with Crippen LogP contribution in [0.25, 0.3) is 0 Å². The monoisotopic (exact) mass is 361 g/mol. The minimum absolute atomic E-state index is 0. The molecule has 0 aliphatic heterocycles. The van der Waals surface area contributed by atoms with Gasteiger partial charge in [0.05, 0.1) is 6.61 Å². The molecule has 0 atom stereocenters. The molecule has 2 nitrogen and oxygen atoms in total. The molecule has 0 aliphatic rings. The van der Waals surface area contributed by atoms with Gasteiger partial charge >= 0.3 is 5.97 Å². The molecule has 0 rings (SSSR count). The van der Waals surface area contributed by atoms with Crippen LogP contribution in [0.4, 0.5) is 0 Å². The fraction of sp³-hybridized carbons (Fsp3) is 0.864. The molecule has 0 unspecified atom stereocenters. The second-order valence-electron chi connectivity index (χ2n) is 6.91. The Hall–Kier alpha value is 0.210. The van der Waals surface area contributed by atoms with Gasteiger partial charge < -0.3 is 4.74 Å². The zero-order valence-electron chi connectivity index (χ0n) is 17.5. The number of unbranched alkanes of at least 4 members (excludes halogenated alkanes) is 12. The van der Waals surface area contributed by atoms with Gasteiger partial charge in [0.1, 0.15) is 0 Å². The van der Waals surface area contributed by atoms with Crippen molar-refractivity contribution < 1.29 is 9.53 Å². The van der Waals surface area contributed by atoms with Crippen molar-refractivity contribution >= 4 is 35.5 Å². The molecule has 0 N–H and O–H groups in total. The van der Waals surface area contributed by atoms with E-state index in [0.717, 1.165) is 25.7 Å². The summed E-state index contributed by atoms with van der Waals surface area (Å²) in [5, 5.41) is 0. The summed E-state index contributed by atoms with van der Waals surface area (Å²) < 4.78 is 5.15. The molecule has 143 valence electrons. The molecule has 0 aliphatic carbocycles. The van der Waals surface area contributed by atoms with Gasteiger partial charge in [0.25, 0.3) is 0 Å². The predicted octanol–water partition coefficient (Wildman–Crippen LogP) is 6.99. The Morgan fingerprint density at radius 2 is 1.16 bits per heavy atom. The van der Waals surface area contributed by atoms with E-state index >= 15 is 0 Å². The van der Waals surface area contributed by atoms with E-state index in [0.29, 0.717) is 13.0 Å². The fourth-order valence-electron chi connectivity index (χ4n) is 2.74. The van der Waals surface area contributed by atoms with Crippen LogP contribution in [0.5, 0.6) is 0 Å². The maximum atomic E-state index is 11.4. The number of allylic oxidation sites excluding steroid dienone is 2. The number of carbonyl (C=O) groups is 1. The Kier molecular flexibility index (Phi) is 26.6. The maximum absolute atomic E-state index is 11.4. The van der Waals surface area contributed by atoms with Gasteiger partial charge in [-0.1, -0.05) is 83.8 Å². The first-order valence-electron chi connectivity index (χ1n) is 10.6. The van der Waals surface area contributed by atoms with Crippen molar-refractivity contribution in [2.45, 2.75) is 117 Å². The van der Waals surface area contributed by atoms with E-state index in [-0.39, 0.29) is 35.5 Å². The van der Waals surface area contributed by atoms with E-state index < -0.39 is 0 Å². The zero-order chi connectivity index (χ0) is 17.7. The molecular formula is C22H42NaO2. The van der Waals surface area contributed by atoms with E-state index in [2.05, 4.69) is 26.0 Å². The molecule has 0 spiro atoms. The van der Waals surface area contributed by atoms with Gasteiger partial charge in [-0.25, -0.2) is 0 Å². The van der Waals surface area contributed by atoms with Gasteiger partial charge in [-0.2, -0.15) is 0 Å². The van der Waals surface area contributed by atoms with Crippen molar-refractivity contribution in [1.82, 2.24) is 0 Å². The minimum atomic E-state index is -0.0129. The first-order valence-corrected chi connectivity index (χ1v) is 10.6. The Morgan fingerprint density at radius 3 is 1.72 bits per heavy atom. The van der Waals surface area contributed by atoms with Crippen molar-refractivity contribution in [2.24, 2.45) is 0 Å². The predicted molar refractivity (Wildman–Crippen MR) is 111 cm³/mol. The molecule has 0 saturated heterocycles. The van der Waals surface area contributed by atoms with Crippen LogP contribution in [0.1, 0.15) is 117 Å². The second-order valence-corrected chi connectivity index (χ2v) is 6.91. The van der Waals surface area contributed by atoms with Crippen LogP contribution in [0.2, 0.25) is 0 Å². The topological polar surface area (TPSA) is 26.3 Å². The van der Waals surface area contributed by atoms with Crippen LogP contribution < -0.4 is 0 Å². The molecule has 0 heterocycles. The van der Waals surface area contributed by atoms with Gasteiger partial charge in [-0.05, 0) is 38.5 Å². The number of hydrogen-bond donors (Lipinski definition) is 0. The molecule has 0 aromatic heterocycles. The quantitative estimate of drug-likeness (QED) is 0.114. The largest absolute Gasteiger partial charge is 0.466 e. The number of hydrogen-bond acceptors (Lipinski definition) is 2. The Bertz CT molecular complexity index is 290. The number of carbonyl (C=O) groups excluding carboxylic acids is 1. The first-order chi connectivity index (χ1) is 11.8. The maximum Gasteiger partial charge on any atom is 0.305 e. The van der Waals surface area contributed by atoms with E-state index in [4.69, 9.17) is 4.74 Å². The molecular weight excluding hydrogens is 319 g/mol. The summed E-state index contributed by atoms with van der Waals surface area (Å²) in [6, 6.07) is 0. The molecule has 25 heavy (non-hydrogen) atoms. The summed E-state index contributed by atoms with van der Waals surface area (Å²) in [6.45, 7) is 4.98. The Balaban J connectivity index is 0. The van der Waals surface area contributed by atoms with Gasteiger partial charge in [0, 0.05) is 36.0 Å². The van der Waals surface area contributed by atoms with Crippen LogP contribution in [0, 0.1) is 0 Å². The molecule has 0 amide bonds. The second kappa shape index (κ2) is 24.2. The van der Waals surface area contributed by atoms with Gasteiger partial charge in [0.15, 0.2) is 0 Å². The summed E-state index contributed by atoms with van der Waals surface area (Å²) in [5.41, 5.74) is 0. The molecule has 0 bridgehead atoms. The number of ether oxygens (including phenoxy) is 1. The van der Waals surface area contributed by atoms with Gasteiger partial charge in [0.2, 0.25) is 0 Å². The average molecular weight is 362 g/mol. The van der Waals surface area contributed by atoms with Crippen LogP contribution in [0.3, 0.4) is 0 Å². The zero-order valence-corrected chi connectivity index (χ0v) is 19.5. The van der Waals surface area contributed by atoms with Crippen LogP contribution in [-0.4, -0.2) is 42.1 Å². The van der Waals surface area contributed by atoms with Crippen molar-refractivity contribution in [3.05, 3.63) is 12.2 Å². The summed E-state index contributed by atoms with van der Waals surface area (Å²) in [4.78, 5) is 11.4. The third kappa shape index (κ3) is 24.2. The smallest absolute Gasteiger partial charge is 0.305 e. The summed E-state index contributed by atoms with van der Waals surface area (Å²) in [7, 11) is 0.